The molecular weight excluding hydrogens is 214 g/mol. The molecule has 1 aromatic rings. The van der Waals surface area contributed by atoms with Crippen molar-refractivity contribution in [3.05, 3.63) is 35.4 Å². The average Bonchev–Trinajstić information content (AvgIpc) is 2.02. The van der Waals surface area contributed by atoms with E-state index in [0.29, 0.717) is 5.56 Å². The molecule has 13 heavy (non-hydrogen) atoms. The molecule has 1 N–H and O–H groups in total. The van der Waals surface area contributed by atoms with Crippen LogP contribution in [-0.4, -0.2) is 9.69 Å². The van der Waals surface area contributed by atoms with Gasteiger partial charge in [0.2, 0.25) is 0 Å². The molecule has 0 bridgehead atoms. The van der Waals surface area contributed by atoms with E-state index < -0.39 is 10.7 Å². The van der Waals surface area contributed by atoms with Crippen molar-refractivity contribution in [1.82, 2.24) is 0 Å². The number of alkyl halides is 3. The van der Waals surface area contributed by atoms with Gasteiger partial charge >= 0.3 is 0 Å². The summed E-state index contributed by atoms with van der Waals surface area (Å²) in [6.07, 6.45) is -1.52. The number of benzene rings is 1. The molecule has 0 fully saturated rings. The molecule has 0 aromatic heterocycles. The number of aryl methyl sites for hydroxylation is 1. The summed E-state index contributed by atoms with van der Waals surface area (Å²) in [5, 5.41) is 9.40. The fraction of sp³-hybridized carbons (Fsp3) is 0.333. The molecule has 4 heteroatoms. The molecule has 1 atom stereocenters. The van der Waals surface area contributed by atoms with Gasteiger partial charge in [-0.1, -0.05) is 47.5 Å². The Hall–Kier alpha value is -0.310. The highest BCUT2D eigenvalue weighted by Crippen LogP contribution is 2.38. The molecule has 1 rings (SSSR count). The number of halogens is 3. The van der Waals surface area contributed by atoms with Crippen LogP contribution in [0.1, 0.15) is 17.2 Å². The summed E-state index contributed by atoms with van der Waals surface area (Å²) < 4.78 is 10.3. The maximum atomic E-state index is 12.9. The van der Waals surface area contributed by atoms with Crippen molar-refractivity contribution in [1.29, 1.82) is 0 Å². The van der Waals surface area contributed by atoms with Crippen molar-refractivity contribution in [3.8, 4) is 0 Å². The lowest BCUT2D eigenvalue weighted by atomic mass is 10.0. The third kappa shape index (κ3) is 2.56. The second kappa shape index (κ2) is 3.82. The third-order valence-corrected chi connectivity index (χ3v) is 2.21. The fourth-order valence-corrected chi connectivity index (χ4v) is 1.31. The van der Waals surface area contributed by atoms with E-state index >= 15 is 0 Å². The first kappa shape index (κ1) is 10.8. The van der Waals surface area contributed by atoms with Crippen molar-refractivity contribution in [2.24, 2.45) is 0 Å². The van der Waals surface area contributed by atoms with E-state index in [1.165, 1.54) is 0 Å². The Bertz CT molecular complexity index is 296. The normalized spacial score (nSPS) is 14.2. The Kier molecular flexibility index (Phi) is 3.17. The van der Waals surface area contributed by atoms with E-state index in [-0.39, 0.29) is 0 Å². The molecular formula is C9H9Cl2FO. The lowest BCUT2D eigenvalue weighted by molar-refractivity contribution is 0.0974. The average molecular weight is 223 g/mol. The Morgan fingerprint density at radius 1 is 1.38 bits per heavy atom. The van der Waals surface area contributed by atoms with Crippen LogP contribution in [-0.2, 0) is 0 Å². The van der Waals surface area contributed by atoms with Crippen LogP contribution in [0.5, 0.6) is 0 Å². The summed E-state index contributed by atoms with van der Waals surface area (Å²) >= 11 is 10.3. The Balaban J connectivity index is 3.02. The maximum absolute atomic E-state index is 12.9. The first-order valence-electron chi connectivity index (χ1n) is 3.73. The van der Waals surface area contributed by atoms with E-state index in [9.17, 15) is 9.50 Å². The Morgan fingerprint density at radius 3 is 2.38 bits per heavy atom. The summed E-state index contributed by atoms with van der Waals surface area (Å²) in [4.78, 5) is 0. The number of aliphatic hydroxyl groups is 1. The summed E-state index contributed by atoms with van der Waals surface area (Å²) in [6, 6.07) is 6.80. The molecule has 0 saturated carbocycles. The molecule has 1 unspecified atom stereocenters. The minimum absolute atomic E-state index is 0.398. The second-order valence-electron chi connectivity index (χ2n) is 2.80. The first-order chi connectivity index (χ1) is 5.93. The lowest BCUT2D eigenvalue weighted by Crippen LogP contribution is -2.18. The molecule has 1 nitrogen and oxygen atoms in total. The van der Waals surface area contributed by atoms with Gasteiger partial charge in [0.15, 0.2) is 0 Å². The third-order valence-electron chi connectivity index (χ3n) is 1.79. The van der Waals surface area contributed by atoms with Crippen LogP contribution in [0.4, 0.5) is 4.39 Å². The standard InChI is InChI=1S/C9H9Cl2FO/c1-6-4-2-3-5-7(6)8(13)9(10,11)12/h2-5,8,13H,1H3. The van der Waals surface area contributed by atoms with Crippen LogP contribution in [0.15, 0.2) is 24.3 Å². The van der Waals surface area contributed by atoms with Gasteiger partial charge < -0.3 is 5.11 Å². The van der Waals surface area contributed by atoms with Crippen molar-refractivity contribution >= 4 is 23.2 Å². The number of hydrogen-bond donors (Lipinski definition) is 1. The van der Waals surface area contributed by atoms with Crippen LogP contribution in [0.25, 0.3) is 0 Å². The van der Waals surface area contributed by atoms with Crippen LogP contribution in [0, 0.1) is 6.92 Å². The quantitative estimate of drug-likeness (QED) is 0.763. The van der Waals surface area contributed by atoms with Crippen molar-refractivity contribution in [2.45, 2.75) is 17.6 Å². The molecule has 0 spiro atoms. The number of rotatable bonds is 2. The van der Waals surface area contributed by atoms with Crippen molar-refractivity contribution < 1.29 is 9.50 Å². The summed E-state index contributed by atoms with van der Waals surface area (Å²) in [6.45, 7) is 1.75. The second-order valence-corrected chi connectivity index (χ2v) is 4.09. The summed E-state index contributed by atoms with van der Waals surface area (Å²) in [7, 11) is 0. The van der Waals surface area contributed by atoms with Gasteiger partial charge in [-0.05, 0) is 18.1 Å². The highest BCUT2D eigenvalue weighted by molar-refractivity contribution is 6.47. The zero-order chi connectivity index (χ0) is 10.1. The number of hydrogen-bond acceptors (Lipinski definition) is 1. The molecule has 0 radical (unpaired) electrons. The SMILES string of the molecule is Cc1ccccc1C(O)C(F)(Cl)Cl. The van der Waals surface area contributed by atoms with Crippen molar-refractivity contribution in [2.75, 3.05) is 0 Å². The molecule has 0 aliphatic carbocycles. The van der Waals surface area contributed by atoms with Gasteiger partial charge in [-0.2, -0.15) is 0 Å². The molecule has 0 saturated heterocycles. The van der Waals surface area contributed by atoms with Gasteiger partial charge in [0.25, 0.3) is 4.59 Å². The van der Waals surface area contributed by atoms with Gasteiger partial charge in [0.05, 0.1) is 0 Å². The zero-order valence-electron chi connectivity index (χ0n) is 6.97. The van der Waals surface area contributed by atoms with Gasteiger partial charge in [0, 0.05) is 0 Å². The minimum atomic E-state index is -2.65. The van der Waals surface area contributed by atoms with E-state index in [4.69, 9.17) is 23.2 Å². The van der Waals surface area contributed by atoms with Gasteiger partial charge in [0.1, 0.15) is 6.10 Å². The van der Waals surface area contributed by atoms with E-state index in [1.54, 1.807) is 31.2 Å². The van der Waals surface area contributed by atoms with Gasteiger partial charge in [-0.3, -0.25) is 0 Å². The predicted molar refractivity (Wildman–Crippen MR) is 51.7 cm³/mol. The highest BCUT2D eigenvalue weighted by Gasteiger charge is 2.34. The van der Waals surface area contributed by atoms with Crippen LogP contribution in [0.3, 0.4) is 0 Å². The molecule has 0 amide bonds. The summed E-state index contributed by atoms with van der Waals surface area (Å²) in [5.41, 5.74) is 1.15. The maximum Gasteiger partial charge on any atom is 0.287 e. The molecule has 0 heterocycles. The Morgan fingerprint density at radius 2 is 1.92 bits per heavy atom. The Labute approximate surface area is 86.1 Å². The van der Waals surface area contributed by atoms with Crippen LogP contribution in [0.2, 0.25) is 0 Å². The van der Waals surface area contributed by atoms with Crippen molar-refractivity contribution in [3.63, 3.8) is 0 Å². The predicted octanol–water partition coefficient (Wildman–Crippen LogP) is 3.13. The minimum Gasteiger partial charge on any atom is -0.382 e. The molecule has 72 valence electrons. The van der Waals surface area contributed by atoms with E-state index in [2.05, 4.69) is 0 Å². The molecule has 0 aliphatic rings. The smallest absolute Gasteiger partial charge is 0.287 e. The van der Waals surface area contributed by atoms with Gasteiger partial charge in [-0.15, -0.1) is 0 Å². The lowest BCUT2D eigenvalue weighted by Gasteiger charge is -2.19. The van der Waals surface area contributed by atoms with E-state index in [0.717, 1.165) is 5.56 Å². The zero-order valence-corrected chi connectivity index (χ0v) is 8.48. The topological polar surface area (TPSA) is 20.2 Å². The van der Waals surface area contributed by atoms with Crippen LogP contribution >= 0.6 is 23.2 Å². The monoisotopic (exact) mass is 222 g/mol. The van der Waals surface area contributed by atoms with Gasteiger partial charge in [-0.25, -0.2) is 4.39 Å². The fourth-order valence-electron chi connectivity index (χ4n) is 1.07. The number of aliphatic hydroxyl groups excluding tert-OH is 1. The largest absolute Gasteiger partial charge is 0.382 e. The molecule has 1 aromatic carbocycles. The van der Waals surface area contributed by atoms with E-state index in [1.807, 2.05) is 0 Å². The summed E-state index contributed by atoms with van der Waals surface area (Å²) in [5.74, 6) is 0. The van der Waals surface area contributed by atoms with Crippen LogP contribution < -0.4 is 0 Å². The first-order valence-corrected chi connectivity index (χ1v) is 4.49. The molecule has 0 aliphatic heterocycles. The highest BCUT2D eigenvalue weighted by atomic mass is 35.5.